The molecular formula is C20H21N3OS2. The quantitative estimate of drug-likeness (QED) is 0.653. The maximum absolute atomic E-state index is 12.8. The van der Waals surface area contributed by atoms with Gasteiger partial charge in [0.2, 0.25) is 5.91 Å². The summed E-state index contributed by atoms with van der Waals surface area (Å²) in [6.45, 7) is 1.69. The topological polar surface area (TPSA) is 45.2 Å². The molecule has 2 heterocycles. The smallest absolute Gasteiger partial charge is 0.229 e. The van der Waals surface area contributed by atoms with E-state index < -0.39 is 0 Å². The lowest BCUT2D eigenvalue weighted by molar-refractivity contribution is -0.120. The zero-order chi connectivity index (χ0) is 17.9. The van der Waals surface area contributed by atoms with Gasteiger partial charge in [0.05, 0.1) is 21.8 Å². The molecule has 0 bridgehead atoms. The van der Waals surface area contributed by atoms with Crippen LogP contribution in [0.15, 0.2) is 53.4 Å². The molecule has 26 heavy (non-hydrogen) atoms. The lowest BCUT2D eigenvalue weighted by Gasteiger charge is -2.31. The van der Waals surface area contributed by atoms with E-state index in [1.54, 1.807) is 23.1 Å². The minimum Gasteiger partial charge on any atom is -0.347 e. The van der Waals surface area contributed by atoms with Crippen molar-refractivity contribution in [3.05, 3.63) is 48.5 Å². The van der Waals surface area contributed by atoms with Gasteiger partial charge in [0.25, 0.3) is 0 Å². The molecule has 0 spiro atoms. The van der Waals surface area contributed by atoms with Crippen molar-refractivity contribution in [3.63, 3.8) is 0 Å². The van der Waals surface area contributed by atoms with Gasteiger partial charge in [0.15, 0.2) is 5.13 Å². The van der Waals surface area contributed by atoms with Crippen LogP contribution in [0, 0.1) is 5.92 Å². The summed E-state index contributed by atoms with van der Waals surface area (Å²) >= 11 is 3.36. The molecule has 1 fully saturated rings. The summed E-state index contributed by atoms with van der Waals surface area (Å²) in [5.74, 6) is 0.1000. The van der Waals surface area contributed by atoms with E-state index in [1.165, 1.54) is 4.70 Å². The van der Waals surface area contributed by atoms with Crippen molar-refractivity contribution in [3.8, 4) is 0 Å². The number of rotatable bonds is 4. The highest BCUT2D eigenvalue weighted by Gasteiger charge is 2.27. The Morgan fingerprint density at radius 3 is 2.88 bits per heavy atom. The standard InChI is InChI=1S/C20H21N3OS2/c1-25-17-10-4-2-8-15(17)21-19(24)14-7-6-12-23(13-14)20-22-16-9-3-5-11-18(16)26-20/h2-5,8-11,14H,6-7,12-13H2,1H3,(H,21,24). The third-order valence-electron chi connectivity index (χ3n) is 4.71. The molecule has 0 saturated carbocycles. The molecule has 4 rings (SSSR count). The fraction of sp³-hybridized carbons (Fsp3) is 0.300. The number of fused-ring (bicyclic) bond motifs is 1. The Morgan fingerprint density at radius 2 is 2.04 bits per heavy atom. The molecule has 4 nitrogen and oxygen atoms in total. The van der Waals surface area contributed by atoms with Crippen LogP contribution in [-0.2, 0) is 4.79 Å². The van der Waals surface area contributed by atoms with Gasteiger partial charge in [-0.15, -0.1) is 11.8 Å². The van der Waals surface area contributed by atoms with Gasteiger partial charge in [-0.3, -0.25) is 4.79 Å². The fourth-order valence-corrected chi connectivity index (χ4v) is 4.90. The van der Waals surface area contributed by atoms with Crippen LogP contribution in [0.25, 0.3) is 10.2 Å². The van der Waals surface area contributed by atoms with Gasteiger partial charge in [-0.2, -0.15) is 0 Å². The van der Waals surface area contributed by atoms with E-state index in [4.69, 9.17) is 4.98 Å². The van der Waals surface area contributed by atoms with Crippen LogP contribution in [0.4, 0.5) is 10.8 Å². The summed E-state index contributed by atoms with van der Waals surface area (Å²) in [6, 6.07) is 16.2. The molecular weight excluding hydrogens is 362 g/mol. The summed E-state index contributed by atoms with van der Waals surface area (Å²) in [6.07, 6.45) is 3.97. The van der Waals surface area contributed by atoms with Gasteiger partial charge in [0, 0.05) is 18.0 Å². The molecule has 3 aromatic rings. The normalized spacial score (nSPS) is 17.4. The highest BCUT2D eigenvalue weighted by Crippen LogP contribution is 2.32. The van der Waals surface area contributed by atoms with Crippen LogP contribution in [0.2, 0.25) is 0 Å². The number of carbonyl (C=O) groups excluding carboxylic acids is 1. The Balaban J connectivity index is 1.48. The highest BCUT2D eigenvalue weighted by molar-refractivity contribution is 7.98. The molecule has 1 atom stereocenters. The number of hydrogen-bond acceptors (Lipinski definition) is 5. The second-order valence-corrected chi connectivity index (χ2v) is 8.30. The molecule has 6 heteroatoms. The van der Waals surface area contributed by atoms with E-state index >= 15 is 0 Å². The Hall–Kier alpha value is -2.05. The van der Waals surface area contributed by atoms with Gasteiger partial charge in [-0.1, -0.05) is 35.6 Å². The van der Waals surface area contributed by atoms with E-state index in [9.17, 15) is 4.79 Å². The predicted octanol–water partition coefficient (Wildman–Crippen LogP) is 4.87. The van der Waals surface area contributed by atoms with Crippen molar-refractivity contribution < 1.29 is 4.79 Å². The molecule has 1 aliphatic heterocycles. The largest absolute Gasteiger partial charge is 0.347 e. The van der Waals surface area contributed by atoms with E-state index in [2.05, 4.69) is 16.3 Å². The molecule has 0 radical (unpaired) electrons. The van der Waals surface area contributed by atoms with Crippen molar-refractivity contribution >= 4 is 50.0 Å². The maximum Gasteiger partial charge on any atom is 0.229 e. The minimum absolute atomic E-state index is 0.00863. The first-order valence-electron chi connectivity index (χ1n) is 8.79. The zero-order valence-corrected chi connectivity index (χ0v) is 16.3. The summed E-state index contributed by atoms with van der Waals surface area (Å²) < 4.78 is 1.20. The van der Waals surface area contributed by atoms with Crippen LogP contribution in [-0.4, -0.2) is 30.2 Å². The van der Waals surface area contributed by atoms with Gasteiger partial charge in [0.1, 0.15) is 0 Å². The van der Waals surface area contributed by atoms with Gasteiger partial charge < -0.3 is 10.2 Å². The Labute approximate surface area is 161 Å². The summed E-state index contributed by atoms with van der Waals surface area (Å²) in [5.41, 5.74) is 1.94. The van der Waals surface area contributed by atoms with Crippen molar-refractivity contribution in [2.24, 2.45) is 5.92 Å². The molecule has 1 unspecified atom stereocenters. The fourth-order valence-electron chi connectivity index (χ4n) is 3.34. The van der Waals surface area contributed by atoms with Crippen LogP contribution in [0.3, 0.4) is 0 Å². The third-order valence-corrected chi connectivity index (χ3v) is 6.60. The molecule has 134 valence electrons. The first kappa shape index (κ1) is 17.4. The van der Waals surface area contributed by atoms with Crippen molar-refractivity contribution in [2.75, 3.05) is 29.6 Å². The predicted molar refractivity (Wildman–Crippen MR) is 111 cm³/mol. The number of aromatic nitrogens is 1. The van der Waals surface area contributed by atoms with E-state index in [0.717, 1.165) is 47.2 Å². The molecule has 1 aliphatic rings. The van der Waals surface area contributed by atoms with Crippen molar-refractivity contribution in [1.82, 2.24) is 4.98 Å². The van der Waals surface area contributed by atoms with Crippen molar-refractivity contribution in [1.29, 1.82) is 0 Å². The second kappa shape index (κ2) is 7.68. The lowest BCUT2D eigenvalue weighted by atomic mass is 9.97. The SMILES string of the molecule is CSc1ccccc1NC(=O)C1CCCN(c2nc3ccccc3s2)C1. The number of benzene rings is 2. The average Bonchev–Trinajstić information content (AvgIpc) is 3.13. The minimum atomic E-state index is -0.00863. The van der Waals surface area contributed by atoms with Gasteiger partial charge in [-0.25, -0.2) is 4.98 Å². The third kappa shape index (κ3) is 3.57. The van der Waals surface area contributed by atoms with E-state index in [1.807, 2.05) is 48.7 Å². The van der Waals surface area contributed by atoms with E-state index in [0.29, 0.717) is 0 Å². The Morgan fingerprint density at radius 1 is 1.23 bits per heavy atom. The number of amides is 1. The molecule has 1 N–H and O–H groups in total. The second-order valence-electron chi connectivity index (χ2n) is 6.44. The van der Waals surface area contributed by atoms with Gasteiger partial charge >= 0.3 is 0 Å². The first-order valence-corrected chi connectivity index (χ1v) is 10.8. The van der Waals surface area contributed by atoms with Crippen molar-refractivity contribution in [2.45, 2.75) is 17.7 Å². The van der Waals surface area contributed by atoms with Crippen LogP contribution in [0.5, 0.6) is 0 Å². The van der Waals surface area contributed by atoms with Crippen LogP contribution in [0.1, 0.15) is 12.8 Å². The van der Waals surface area contributed by atoms with Crippen LogP contribution >= 0.6 is 23.1 Å². The number of carbonyl (C=O) groups is 1. The number of hydrogen-bond donors (Lipinski definition) is 1. The number of piperidine rings is 1. The summed E-state index contributed by atoms with van der Waals surface area (Å²) in [4.78, 5) is 20.9. The van der Waals surface area contributed by atoms with Gasteiger partial charge in [-0.05, 0) is 43.4 Å². The highest BCUT2D eigenvalue weighted by atomic mass is 32.2. The lowest BCUT2D eigenvalue weighted by Crippen LogP contribution is -2.40. The molecule has 1 aromatic heterocycles. The number of nitrogens with one attached hydrogen (secondary N) is 1. The zero-order valence-electron chi connectivity index (χ0n) is 14.6. The molecule has 1 amide bonds. The number of thiazole rings is 1. The monoisotopic (exact) mass is 383 g/mol. The average molecular weight is 384 g/mol. The van der Waals surface area contributed by atoms with Crippen LogP contribution < -0.4 is 10.2 Å². The summed E-state index contributed by atoms with van der Waals surface area (Å²) in [5, 5.41) is 4.15. The number of thioether (sulfide) groups is 1. The molecule has 1 saturated heterocycles. The summed E-state index contributed by atoms with van der Waals surface area (Å²) in [7, 11) is 0. The first-order chi connectivity index (χ1) is 12.7. The Kier molecular flexibility index (Phi) is 5.13. The number of para-hydroxylation sites is 2. The van der Waals surface area contributed by atoms with E-state index in [-0.39, 0.29) is 11.8 Å². The maximum atomic E-state index is 12.8. The number of nitrogens with zero attached hydrogens (tertiary/aromatic N) is 2. The molecule has 0 aliphatic carbocycles. The molecule has 2 aromatic carbocycles. The Bertz CT molecular complexity index is 891. The number of anilines is 2.